The maximum atomic E-state index is 14.7. The zero-order chi connectivity index (χ0) is 27.8. The third-order valence-electron chi connectivity index (χ3n) is 8.58. The van der Waals surface area contributed by atoms with Gasteiger partial charge >= 0.3 is 0 Å². The third kappa shape index (κ3) is 3.27. The summed E-state index contributed by atoms with van der Waals surface area (Å²) < 4.78 is 13.9. The first-order valence-electron chi connectivity index (χ1n) is 13.2. The van der Waals surface area contributed by atoms with Crippen molar-refractivity contribution in [1.82, 2.24) is 0 Å². The maximum absolute atomic E-state index is 14.7. The lowest BCUT2D eigenvalue weighted by Crippen LogP contribution is -2.51. The van der Waals surface area contributed by atoms with E-state index in [9.17, 15) is 18.8 Å². The lowest BCUT2D eigenvalue weighted by Gasteiger charge is -2.39. The minimum atomic E-state index is -1.39. The minimum absolute atomic E-state index is 0.214. The van der Waals surface area contributed by atoms with Crippen molar-refractivity contribution in [3.63, 3.8) is 0 Å². The number of benzene rings is 3. The first-order chi connectivity index (χ1) is 19.3. The first kappa shape index (κ1) is 24.7. The molecule has 0 unspecified atom stereocenters. The van der Waals surface area contributed by atoms with Crippen molar-refractivity contribution in [2.45, 2.75) is 31.3 Å². The fraction of sp³-hybridized carbons (Fsp3) is 0.182. The second-order valence-corrected chi connectivity index (χ2v) is 11.7. The van der Waals surface area contributed by atoms with Crippen LogP contribution in [0.5, 0.6) is 0 Å². The average molecular weight is 549 g/mol. The van der Waals surface area contributed by atoms with Gasteiger partial charge in [0.1, 0.15) is 17.3 Å². The van der Waals surface area contributed by atoms with Gasteiger partial charge in [0.05, 0.1) is 16.8 Å². The van der Waals surface area contributed by atoms with Gasteiger partial charge in [-0.15, -0.1) is 11.3 Å². The van der Waals surface area contributed by atoms with Crippen LogP contribution in [0.25, 0.3) is 5.57 Å². The van der Waals surface area contributed by atoms with Crippen molar-refractivity contribution in [2.24, 2.45) is 5.92 Å². The molecule has 5 nitrogen and oxygen atoms in total. The Bertz CT molecular complexity index is 1740. The van der Waals surface area contributed by atoms with Gasteiger partial charge in [-0.25, -0.2) is 4.39 Å². The molecule has 3 aromatic carbocycles. The van der Waals surface area contributed by atoms with Crippen LogP contribution in [0.1, 0.15) is 43.6 Å². The smallest absolute Gasteiger partial charge is 0.238 e. The van der Waals surface area contributed by atoms with Crippen LogP contribution in [0.4, 0.5) is 15.8 Å². The number of nitrogens with zero attached hydrogens (tertiary/aromatic N) is 1. The van der Waals surface area contributed by atoms with Crippen LogP contribution >= 0.6 is 11.3 Å². The number of Topliss-reactive ketones (excluding diaryl/α,β-unsaturated/α-hetero) is 2. The molecule has 4 aromatic rings. The van der Waals surface area contributed by atoms with Crippen molar-refractivity contribution in [2.75, 3.05) is 10.2 Å². The Labute approximate surface area is 235 Å². The molecule has 40 heavy (non-hydrogen) atoms. The summed E-state index contributed by atoms with van der Waals surface area (Å²) >= 11 is 1.32. The lowest BCUT2D eigenvalue weighted by molar-refractivity contribution is -0.121. The standard InChI is InChI=1S/C33H25FN2O3S/c1-18-9-14-25-22(16-18)19(2)17-27-33(23-6-3-4-7-24(23)35-32(33)39)28(30(37)20-10-12-21(34)13-11-20)29(36(25)27)31(38)26-8-5-15-40-26/h3-17,27-29H,1-2H3,(H,35,39)/t27-,28+,29-,33-/m0/s1. The number of hydrogen-bond donors (Lipinski definition) is 1. The SMILES string of the molecule is CC1=C[C@@H]2N(c3ccc(C)cc31)[C@H](C(=O)c1cccs1)[C@H](C(=O)c1ccc(F)cc1)[C@@]21C(=O)Nc2ccccc21. The van der Waals surface area contributed by atoms with E-state index in [1.807, 2.05) is 72.7 Å². The molecule has 1 N–H and O–H groups in total. The molecule has 3 aliphatic heterocycles. The van der Waals surface area contributed by atoms with E-state index in [1.54, 1.807) is 6.07 Å². The third-order valence-corrected chi connectivity index (χ3v) is 9.46. The molecule has 7 rings (SSSR count). The molecule has 0 bridgehead atoms. The number of carbonyl (C=O) groups is 3. The van der Waals surface area contributed by atoms with Gasteiger partial charge in [0.2, 0.25) is 5.91 Å². The number of rotatable bonds is 4. The Kier molecular flexibility index (Phi) is 5.44. The van der Waals surface area contributed by atoms with Gasteiger partial charge in [-0.05, 0) is 78.9 Å². The van der Waals surface area contributed by atoms with Gasteiger partial charge in [-0.2, -0.15) is 0 Å². The minimum Gasteiger partial charge on any atom is -0.352 e. The number of hydrogen-bond acceptors (Lipinski definition) is 5. The van der Waals surface area contributed by atoms with Gasteiger partial charge in [0, 0.05) is 22.5 Å². The quantitative estimate of drug-likeness (QED) is 0.298. The number of nitrogens with one attached hydrogen (secondary N) is 1. The number of ketones is 2. The lowest BCUT2D eigenvalue weighted by atomic mass is 9.64. The molecule has 1 aromatic heterocycles. The van der Waals surface area contributed by atoms with Crippen molar-refractivity contribution in [3.8, 4) is 0 Å². The summed E-state index contributed by atoms with van der Waals surface area (Å²) in [7, 11) is 0. The molecule has 4 atom stereocenters. The Morgan fingerprint density at radius 1 is 0.950 bits per heavy atom. The first-order valence-corrected chi connectivity index (χ1v) is 14.1. The summed E-state index contributed by atoms with van der Waals surface area (Å²) in [6.45, 7) is 4.02. The molecule has 4 heterocycles. The van der Waals surface area contributed by atoms with E-state index in [4.69, 9.17) is 0 Å². The molecule has 1 saturated heterocycles. The van der Waals surface area contributed by atoms with Gasteiger partial charge in [0.25, 0.3) is 0 Å². The molecular weight excluding hydrogens is 523 g/mol. The predicted molar refractivity (Wildman–Crippen MR) is 155 cm³/mol. The Morgan fingerprint density at radius 2 is 1.73 bits per heavy atom. The number of carbonyl (C=O) groups excluding carboxylic acids is 3. The Balaban J connectivity index is 1.56. The number of amides is 1. The summed E-state index contributed by atoms with van der Waals surface area (Å²) in [4.78, 5) is 46.0. The van der Waals surface area contributed by atoms with Crippen molar-refractivity contribution in [1.29, 1.82) is 0 Å². The van der Waals surface area contributed by atoms with E-state index in [1.165, 1.54) is 35.6 Å². The largest absolute Gasteiger partial charge is 0.352 e. The normalized spacial score (nSPS) is 24.3. The molecule has 0 saturated carbocycles. The molecule has 0 radical (unpaired) electrons. The zero-order valence-corrected chi connectivity index (χ0v) is 22.7. The van der Waals surface area contributed by atoms with Crippen LogP contribution in [0.2, 0.25) is 0 Å². The monoisotopic (exact) mass is 548 g/mol. The summed E-state index contributed by atoms with van der Waals surface area (Å²) in [5.74, 6) is -2.43. The van der Waals surface area contributed by atoms with Crippen LogP contribution in [0, 0.1) is 18.7 Å². The van der Waals surface area contributed by atoms with Crippen molar-refractivity contribution in [3.05, 3.63) is 123 Å². The van der Waals surface area contributed by atoms with Gasteiger partial charge in [0.15, 0.2) is 11.6 Å². The highest BCUT2D eigenvalue weighted by Crippen LogP contribution is 2.59. The van der Waals surface area contributed by atoms with Gasteiger partial charge in [-0.3, -0.25) is 14.4 Å². The molecule has 7 heteroatoms. The summed E-state index contributed by atoms with van der Waals surface area (Å²) in [5, 5.41) is 4.87. The average Bonchev–Trinajstić information content (AvgIpc) is 3.66. The molecule has 1 fully saturated rings. The fourth-order valence-electron chi connectivity index (χ4n) is 6.90. The summed E-state index contributed by atoms with van der Waals surface area (Å²) in [6.07, 6.45) is 2.04. The number of anilines is 2. The van der Waals surface area contributed by atoms with Crippen LogP contribution in [-0.2, 0) is 10.2 Å². The molecule has 198 valence electrons. The number of allylic oxidation sites excluding steroid dienone is 1. The van der Waals surface area contributed by atoms with Gasteiger partial charge < -0.3 is 10.2 Å². The highest BCUT2D eigenvalue weighted by atomic mass is 32.1. The van der Waals surface area contributed by atoms with Crippen LogP contribution in [-0.4, -0.2) is 29.6 Å². The van der Waals surface area contributed by atoms with E-state index in [2.05, 4.69) is 11.4 Å². The van der Waals surface area contributed by atoms with E-state index >= 15 is 0 Å². The van der Waals surface area contributed by atoms with E-state index in [0.29, 0.717) is 16.1 Å². The summed E-state index contributed by atoms with van der Waals surface area (Å²) in [6, 6.07) is 20.8. The molecule has 1 amide bonds. The van der Waals surface area contributed by atoms with Crippen molar-refractivity contribution >= 4 is 45.8 Å². The van der Waals surface area contributed by atoms with E-state index in [-0.39, 0.29) is 23.0 Å². The van der Waals surface area contributed by atoms with Crippen LogP contribution in [0.3, 0.4) is 0 Å². The number of fused-ring (bicyclic) bond motifs is 6. The number of aryl methyl sites for hydroxylation is 1. The van der Waals surface area contributed by atoms with Gasteiger partial charge in [-0.1, -0.05) is 42.0 Å². The predicted octanol–water partition coefficient (Wildman–Crippen LogP) is 6.44. The highest BCUT2D eigenvalue weighted by Gasteiger charge is 2.70. The zero-order valence-electron chi connectivity index (χ0n) is 21.9. The molecular formula is C33H25FN2O3S. The topological polar surface area (TPSA) is 66.5 Å². The van der Waals surface area contributed by atoms with Crippen LogP contribution < -0.4 is 10.2 Å². The number of thiophene rings is 1. The number of halogens is 1. The molecule has 3 aliphatic rings. The second-order valence-electron chi connectivity index (χ2n) is 10.7. The van der Waals surface area contributed by atoms with E-state index in [0.717, 1.165) is 22.4 Å². The van der Waals surface area contributed by atoms with E-state index < -0.39 is 29.2 Å². The second kappa shape index (κ2) is 8.83. The molecule has 0 aliphatic carbocycles. The number of para-hydroxylation sites is 1. The Hall–Kier alpha value is -4.36. The highest BCUT2D eigenvalue weighted by molar-refractivity contribution is 7.12. The Morgan fingerprint density at radius 3 is 2.48 bits per heavy atom. The fourth-order valence-corrected chi connectivity index (χ4v) is 7.60. The summed E-state index contributed by atoms with van der Waals surface area (Å²) in [5.41, 5.74) is 4.04. The van der Waals surface area contributed by atoms with Crippen LogP contribution in [0.15, 0.2) is 90.3 Å². The maximum Gasteiger partial charge on any atom is 0.238 e. The van der Waals surface area contributed by atoms with Crippen molar-refractivity contribution < 1.29 is 18.8 Å². The molecule has 1 spiro atoms.